The highest BCUT2D eigenvalue weighted by molar-refractivity contribution is 7.91. The zero-order chi connectivity index (χ0) is 29.6. The fraction of sp³-hybridized carbons (Fsp3) is 0.259. The fourth-order valence-electron chi connectivity index (χ4n) is 4.34. The molecule has 0 aliphatic carbocycles. The maximum atomic E-state index is 14.9. The fourth-order valence-corrected chi connectivity index (χ4v) is 5.55. The third-order valence-corrected chi connectivity index (χ3v) is 7.41. The Hall–Kier alpha value is -4.30. The molecule has 1 aliphatic heterocycles. The molecule has 0 saturated carbocycles. The van der Waals surface area contributed by atoms with E-state index in [0.29, 0.717) is 53.3 Å². The Labute approximate surface area is 234 Å². The van der Waals surface area contributed by atoms with Gasteiger partial charge in [-0.15, -0.1) is 0 Å². The van der Waals surface area contributed by atoms with E-state index < -0.39 is 33.6 Å². The van der Waals surface area contributed by atoms with E-state index in [4.69, 9.17) is 9.90 Å². The van der Waals surface area contributed by atoms with E-state index in [1.54, 1.807) is 18.3 Å². The van der Waals surface area contributed by atoms with Crippen LogP contribution in [-0.4, -0.2) is 60.3 Å². The van der Waals surface area contributed by atoms with Crippen molar-refractivity contribution in [2.75, 3.05) is 23.1 Å². The quantitative estimate of drug-likeness (QED) is 0.235. The predicted molar refractivity (Wildman–Crippen MR) is 149 cm³/mol. The van der Waals surface area contributed by atoms with E-state index in [0.717, 1.165) is 17.7 Å². The third-order valence-electron chi connectivity index (χ3n) is 6.17. The van der Waals surface area contributed by atoms with E-state index in [1.165, 1.54) is 24.3 Å². The van der Waals surface area contributed by atoms with Crippen molar-refractivity contribution in [3.05, 3.63) is 77.5 Å². The number of hydrogen-bond donors (Lipinski definition) is 4. The molecule has 5 rings (SSSR count). The molecular weight excluding hydrogens is 561 g/mol. The highest BCUT2D eigenvalue weighted by atomic mass is 32.2. The summed E-state index contributed by atoms with van der Waals surface area (Å²) in [6.45, 7) is 2.55. The lowest BCUT2D eigenvalue weighted by Gasteiger charge is -2.26. The lowest BCUT2D eigenvalue weighted by Crippen LogP contribution is -2.44. The standard InChI is InChI=1S/C26H25F3N6O2S.CH2O2/c1-15-8-23(33-24-13-31-26(34-25(15)24)32-20-10-19(28)11-30-12-20)17-4-7-22(21(29)9-17)35-38(36,37)14-16-2-5-18(27)6-3-16;2-1-3/h2-9,13,19-20,30,35H,10-12,14H2,1H3,(H,31,32,34);1H,(H,2,3)/t19-,20-;/m0./s1. The van der Waals surface area contributed by atoms with Crippen molar-refractivity contribution >= 4 is 39.2 Å². The number of aromatic nitrogens is 3. The molecule has 0 amide bonds. The smallest absolute Gasteiger partial charge is 0.290 e. The van der Waals surface area contributed by atoms with Crippen LogP contribution in [0.15, 0.2) is 54.7 Å². The molecule has 1 aliphatic rings. The van der Waals surface area contributed by atoms with E-state index in [-0.39, 0.29) is 18.2 Å². The van der Waals surface area contributed by atoms with Crippen LogP contribution in [0.25, 0.3) is 22.3 Å². The Morgan fingerprint density at radius 3 is 2.51 bits per heavy atom. The van der Waals surface area contributed by atoms with Gasteiger partial charge in [0.2, 0.25) is 16.0 Å². The van der Waals surface area contributed by atoms with E-state index in [9.17, 15) is 21.6 Å². The predicted octanol–water partition coefficient (Wildman–Crippen LogP) is 4.03. The first kappa shape index (κ1) is 29.7. The molecule has 14 heteroatoms. The summed E-state index contributed by atoms with van der Waals surface area (Å²) in [7, 11) is -3.93. The number of nitrogens with one attached hydrogen (secondary N) is 3. The molecule has 0 spiro atoms. The summed E-state index contributed by atoms with van der Waals surface area (Å²) in [4.78, 5) is 21.8. The van der Waals surface area contributed by atoms with Crippen LogP contribution in [0.2, 0.25) is 0 Å². The first-order valence-corrected chi connectivity index (χ1v) is 14.1. The van der Waals surface area contributed by atoms with Crippen LogP contribution in [0.1, 0.15) is 17.5 Å². The Bertz CT molecular complexity index is 1640. The number of pyridine rings is 1. The minimum atomic E-state index is -3.93. The summed E-state index contributed by atoms with van der Waals surface area (Å²) in [5.74, 6) is -1.30. The molecule has 216 valence electrons. The van der Waals surface area contributed by atoms with Crippen molar-refractivity contribution in [2.24, 2.45) is 0 Å². The van der Waals surface area contributed by atoms with Crippen LogP contribution in [0.4, 0.5) is 24.8 Å². The van der Waals surface area contributed by atoms with Gasteiger partial charge in [0.15, 0.2) is 0 Å². The van der Waals surface area contributed by atoms with Gasteiger partial charge in [-0.2, -0.15) is 0 Å². The second-order valence-corrected chi connectivity index (χ2v) is 11.1. The molecule has 3 heterocycles. The lowest BCUT2D eigenvalue weighted by molar-refractivity contribution is -0.122. The molecule has 4 N–H and O–H groups in total. The van der Waals surface area contributed by atoms with Crippen molar-refractivity contribution in [1.29, 1.82) is 0 Å². The molecular formula is C27H27F3N6O4S. The van der Waals surface area contributed by atoms with Crippen LogP contribution >= 0.6 is 0 Å². The zero-order valence-corrected chi connectivity index (χ0v) is 22.6. The summed E-state index contributed by atoms with van der Waals surface area (Å²) >= 11 is 0. The maximum absolute atomic E-state index is 14.9. The topological polar surface area (TPSA) is 146 Å². The van der Waals surface area contributed by atoms with Crippen LogP contribution < -0.4 is 15.4 Å². The first-order valence-electron chi connectivity index (χ1n) is 12.5. The average molecular weight is 589 g/mol. The molecule has 4 aromatic rings. The Morgan fingerprint density at radius 2 is 1.83 bits per heavy atom. The van der Waals surface area contributed by atoms with Gasteiger partial charge < -0.3 is 15.7 Å². The van der Waals surface area contributed by atoms with Crippen molar-refractivity contribution in [2.45, 2.75) is 31.3 Å². The summed E-state index contributed by atoms with van der Waals surface area (Å²) in [5, 5.41) is 13.1. The molecule has 41 heavy (non-hydrogen) atoms. The SMILES string of the molecule is Cc1cc(-c2ccc(NS(=O)(=O)Cc3ccc(F)cc3)c(F)c2)nc2cnc(N[C@@H]3CNC[C@@H](F)C3)nc12.O=CO. The second-order valence-electron chi connectivity index (χ2n) is 9.37. The minimum absolute atomic E-state index is 0.127. The monoisotopic (exact) mass is 588 g/mol. The van der Waals surface area contributed by atoms with Crippen molar-refractivity contribution < 1.29 is 31.5 Å². The molecule has 0 bridgehead atoms. The number of nitrogens with zero attached hydrogens (tertiary/aromatic N) is 3. The molecule has 2 aromatic carbocycles. The summed E-state index contributed by atoms with van der Waals surface area (Å²) < 4.78 is 68.9. The van der Waals surface area contributed by atoms with Crippen LogP contribution in [0, 0.1) is 18.6 Å². The summed E-state index contributed by atoms with van der Waals surface area (Å²) in [6.07, 6.45) is 0.997. The molecule has 10 nitrogen and oxygen atoms in total. The third kappa shape index (κ3) is 7.89. The van der Waals surface area contributed by atoms with Gasteiger partial charge in [-0.1, -0.05) is 18.2 Å². The number of hydrogen-bond acceptors (Lipinski definition) is 8. The Balaban J connectivity index is 0.00000124. The second kappa shape index (κ2) is 12.9. The number of carboxylic acid groups (broad SMARTS) is 1. The minimum Gasteiger partial charge on any atom is -0.483 e. The molecule has 0 radical (unpaired) electrons. The van der Waals surface area contributed by atoms with Crippen LogP contribution in [-0.2, 0) is 20.6 Å². The van der Waals surface area contributed by atoms with Gasteiger partial charge >= 0.3 is 0 Å². The van der Waals surface area contributed by atoms with E-state index in [2.05, 4.69) is 30.3 Å². The van der Waals surface area contributed by atoms with Gasteiger partial charge in [0, 0.05) is 31.1 Å². The number of benzene rings is 2. The zero-order valence-electron chi connectivity index (χ0n) is 21.8. The van der Waals surface area contributed by atoms with Crippen LogP contribution in [0.5, 0.6) is 0 Å². The highest BCUT2D eigenvalue weighted by Crippen LogP contribution is 2.27. The number of rotatable bonds is 7. The van der Waals surface area contributed by atoms with E-state index in [1.807, 2.05) is 6.92 Å². The van der Waals surface area contributed by atoms with Crippen molar-refractivity contribution in [3.8, 4) is 11.3 Å². The lowest BCUT2D eigenvalue weighted by atomic mass is 10.1. The van der Waals surface area contributed by atoms with Gasteiger partial charge in [0.1, 0.15) is 23.3 Å². The number of alkyl halides is 1. The normalized spacial score (nSPS) is 16.9. The molecule has 1 saturated heterocycles. The largest absolute Gasteiger partial charge is 0.483 e. The number of fused-ring (bicyclic) bond motifs is 1. The van der Waals surface area contributed by atoms with Gasteiger partial charge in [-0.05, 0) is 48.4 Å². The van der Waals surface area contributed by atoms with Crippen LogP contribution in [0.3, 0.4) is 0 Å². The Morgan fingerprint density at radius 1 is 1.10 bits per heavy atom. The number of anilines is 2. The Kier molecular flexibility index (Phi) is 9.35. The molecule has 2 aromatic heterocycles. The number of sulfonamides is 1. The number of piperidine rings is 1. The van der Waals surface area contributed by atoms with Gasteiger partial charge in [0.05, 0.1) is 28.8 Å². The van der Waals surface area contributed by atoms with Crippen molar-refractivity contribution in [3.63, 3.8) is 0 Å². The van der Waals surface area contributed by atoms with Crippen molar-refractivity contribution in [1.82, 2.24) is 20.3 Å². The molecule has 1 fully saturated rings. The summed E-state index contributed by atoms with van der Waals surface area (Å²) in [6, 6.07) is 10.8. The number of carbonyl (C=O) groups is 1. The van der Waals surface area contributed by atoms with E-state index >= 15 is 0 Å². The molecule has 0 unspecified atom stereocenters. The molecule has 2 atom stereocenters. The number of aryl methyl sites for hydroxylation is 1. The van der Waals surface area contributed by atoms with Gasteiger partial charge in [-0.3, -0.25) is 9.52 Å². The average Bonchev–Trinajstić information content (AvgIpc) is 2.92. The van der Waals surface area contributed by atoms with Gasteiger partial charge in [0.25, 0.3) is 6.47 Å². The maximum Gasteiger partial charge on any atom is 0.290 e. The summed E-state index contributed by atoms with van der Waals surface area (Å²) in [5.41, 5.74) is 2.96. The highest BCUT2D eigenvalue weighted by Gasteiger charge is 2.22. The number of halogens is 3. The van der Waals surface area contributed by atoms with Gasteiger partial charge in [-0.25, -0.2) is 36.5 Å². The first-order chi connectivity index (χ1) is 19.6.